The van der Waals surface area contributed by atoms with Gasteiger partial charge in [0, 0.05) is 6.04 Å². The maximum Gasteiger partial charge on any atom is 0.322 e. The summed E-state index contributed by atoms with van der Waals surface area (Å²) >= 11 is 0. The Kier molecular flexibility index (Phi) is 5.55. The minimum absolute atomic E-state index is 0.213. The van der Waals surface area contributed by atoms with Crippen molar-refractivity contribution in [2.24, 2.45) is 5.92 Å². The first-order valence-electron chi connectivity index (χ1n) is 7.76. The molecule has 1 aromatic rings. The zero-order chi connectivity index (χ0) is 16.1. The SMILES string of the molecule is Cc1ccc([C@H]2[C@@H](C)CCCN2CC(=O)NCC(=O)O)cc1. The van der Waals surface area contributed by atoms with Crippen LogP contribution in [0.2, 0.25) is 0 Å². The number of amides is 1. The average molecular weight is 304 g/mol. The molecule has 2 rings (SSSR count). The van der Waals surface area contributed by atoms with E-state index < -0.39 is 5.97 Å². The highest BCUT2D eigenvalue weighted by atomic mass is 16.4. The van der Waals surface area contributed by atoms with Gasteiger partial charge in [-0.05, 0) is 37.8 Å². The van der Waals surface area contributed by atoms with E-state index in [2.05, 4.69) is 48.3 Å². The third-order valence-corrected chi connectivity index (χ3v) is 4.24. The number of carboxylic acid groups (broad SMARTS) is 1. The van der Waals surface area contributed by atoms with Crippen LogP contribution in [0.25, 0.3) is 0 Å². The van der Waals surface area contributed by atoms with E-state index in [0.717, 1.165) is 19.4 Å². The lowest BCUT2D eigenvalue weighted by molar-refractivity contribution is -0.138. The number of nitrogens with one attached hydrogen (secondary N) is 1. The summed E-state index contributed by atoms with van der Waals surface area (Å²) in [7, 11) is 0. The number of likely N-dealkylation sites (tertiary alicyclic amines) is 1. The van der Waals surface area contributed by atoms with E-state index in [-0.39, 0.29) is 25.0 Å². The Bertz CT molecular complexity index is 527. The van der Waals surface area contributed by atoms with E-state index in [1.165, 1.54) is 11.1 Å². The van der Waals surface area contributed by atoms with Gasteiger partial charge in [-0.1, -0.05) is 36.8 Å². The summed E-state index contributed by atoms with van der Waals surface area (Å²) in [6.07, 6.45) is 2.21. The molecule has 2 atom stereocenters. The second-order valence-corrected chi connectivity index (χ2v) is 6.12. The van der Waals surface area contributed by atoms with Gasteiger partial charge in [-0.25, -0.2) is 0 Å². The molecule has 1 aromatic carbocycles. The normalized spacial score (nSPS) is 22.3. The fraction of sp³-hybridized carbons (Fsp3) is 0.529. The fourth-order valence-corrected chi connectivity index (χ4v) is 3.17. The molecule has 22 heavy (non-hydrogen) atoms. The summed E-state index contributed by atoms with van der Waals surface area (Å²) in [5, 5.41) is 11.1. The highest BCUT2D eigenvalue weighted by molar-refractivity contribution is 5.82. The minimum atomic E-state index is -1.02. The lowest BCUT2D eigenvalue weighted by atomic mass is 9.85. The van der Waals surface area contributed by atoms with E-state index in [9.17, 15) is 9.59 Å². The summed E-state index contributed by atoms with van der Waals surface area (Å²) in [5.41, 5.74) is 2.45. The topological polar surface area (TPSA) is 69.6 Å². The van der Waals surface area contributed by atoms with E-state index >= 15 is 0 Å². The van der Waals surface area contributed by atoms with Crippen molar-refractivity contribution < 1.29 is 14.7 Å². The van der Waals surface area contributed by atoms with Crippen LogP contribution in [0.5, 0.6) is 0 Å². The van der Waals surface area contributed by atoms with Gasteiger partial charge in [0.25, 0.3) is 0 Å². The Labute approximate surface area is 131 Å². The lowest BCUT2D eigenvalue weighted by Gasteiger charge is -2.40. The molecule has 0 unspecified atom stereocenters. The molecule has 0 radical (unpaired) electrons. The van der Waals surface area contributed by atoms with Gasteiger partial charge in [0.15, 0.2) is 0 Å². The minimum Gasteiger partial charge on any atom is -0.480 e. The quantitative estimate of drug-likeness (QED) is 0.872. The van der Waals surface area contributed by atoms with Crippen molar-refractivity contribution in [2.75, 3.05) is 19.6 Å². The second kappa shape index (κ2) is 7.40. The Morgan fingerprint density at radius 1 is 1.32 bits per heavy atom. The molecule has 0 aromatic heterocycles. The number of carbonyl (C=O) groups is 2. The number of nitrogens with zero attached hydrogens (tertiary/aromatic N) is 1. The molecule has 0 bridgehead atoms. The van der Waals surface area contributed by atoms with E-state index in [0.29, 0.717) is 5.92 Å². The van der Waals surface area contributed by atoms with Gasteiger partial charge in [0.1, 0.15) is 6.54 Å². The molecule has 1 heterocycles. The van der Waals surface area contributed by atoms with Crippen LogP contribution in [0.1, 0.15) is 36.9 Å². The van der Waals surface area contributed by atoms with Crippen LogP contribution in [-0.4, -0.2) is 41.5 Å². The Balaban J connectivity index is 2.08. The van der Waals surface area contributed by atoms with Gasteiger partial charge in [0.2, 0.25) is 5.91 Å². The van der Waals surface area contributed by atoms with Crippen molar-refractivity contribution in [3.05, 3.63) is 35.4 Å². The summed E-state index contributed by atoms with van der Waals surface area (Å²) in [4.78, 5) is 24.6. The summed E-state index contributed by atoms with van der Waals surface area (Å²) in [6, 6.07) is 8.66. The molecule has 1 amide bonds. The molecule has 2 N–H and O–H groups in total. The van der Waals surface area contributed by atoms with Crippen molar-refractivity contribution in [2.45, 2.75) is 32.7 Å². The number of piperidine rings is 1. The molecule has 5 nitrogen and oxygen atoms in total. The van der Waals surface area contributed by atoms with Crippen molar-refractivity contribution in [1.29, 1.82) is 0 Å². The molecule has 0 saturated carbocycles. The molecular formula is C17H24N2O3. The van der Waals surface area contributed by atoms with Crippen LogP contribution < -0.4 is 5.32 Å². The highest BCUT2D eigenvalue weighted by Gasteiger charge is 2.30. The van der Waals surface area contributed by atoms with Gasteiger partial charge < -0.3 is 10.4 Å². The molecule has 1 fully saturated rings. The monoisotopic (exact) mass is 304 g/mol. The molecule has 5 heteroatoms. The fourth-order valence-electron chi connectivity index (χ4n) is 3.17. The zero-order valence-electron chi connectivity index (χ0n) is 13.2. The average Bonchev–Trinajstić information content (AvgIpc) is 2.47. The highest BCUT2D eigenvalue weighted by Crippen LogP contribution is 2.35. The standard InChI is InChI=1S/C17H24N2O3/c1-12-5-7-14(8-6-12)17-13(2)4-3-9-19(17)11-15(20)18-10-16(21)22/h5-8,13,17H,3-4,9-11H2,1-2H3,(H,18,20)(H,21,22)/t13-,17+/m0/s1. The van der Waals surface area contributed by atoms with Crippen molar-refractivity contribution in [3.63, 3.8) is 0 Å². The van der Waals surface area contributed by atoms with Crippen LogP contribution in [-0.2, 0) is 9.59 Å². The Hall–Kier alpha value is -1.88. The van der Waals surface area contributed by atoms with Gasteiger partial charge >= 0.3 is 5.97 Å². The molecule has 120 valence electrons. The Morgan fingerprint density at radius 2 is 2.00 bits per heavy atom. The predicted octanol–water partition coefficient (Wildman–Crippen LogP) is 1.97. The first-order chi connectivity index (χ1) is 10.5. The number of carboxylic acids is 1. The predicted molar refractivity (Wildman–Crippen MR) is 84.5 cm³/mol. The Morgan fingerprint density at radius 3 is 2.64 bits per heavy atom. The molecule has 0 spiro atoms. The van der Waals surface area contributed by atoms with Crippen molar-refractivity contribution in [3.8, 4) is 0 Å². The van der Waals surface area contributed by atoms with Gasteiger partial charge in [-0.3, -0.25) is 14.5 Å². The van der Waals surface area contributed by atoms with Crippen LogP contribution in [0.3, 0.4) is 0 Å². The number of benzene rings is 1. The summed E-state index contributed by atoms with van der Waals surface area (Å²) in [5.74, 6) is -0.771. The van der Waals surface area contributed by atoms with Gasteiger partial charge in [0.05, 0.1) is 6.54 Å². The third kappa shape index (κ3) is 4.31. The van der Waals surface area contributed by atoms with Crippen LogP contribution in [0, 0.1) is 12.8 Å². The second-order valence-electron chi connectivity index (χ2n) is 6.12. The van der Waals surface area contributed by atoms with Crippen LogP contribution >= 0.6 is 0 Å². The number of hydrogen-bond donors (Lipinski definition) is 2. The molecule has 1 aliphatic heterocycles. The third-order valence-electron chi connectivity index (χ3n) is 4.24. The maximum absolute atomic E-state index is 11.9. The number of aliphatic carboxylic acids is 1. The summed E-state index contributed by atoms with van der Waals surface area (Å²) < 4.78 is 0. The first kappa shape index (κ1) is 16.5. The number of aryl methyl sites for hydroxylation is 1. The molecular weight excluding hydrogens is 280 g/mol. The van der Waals surface area contributed by atoms with E-state index in [1.807, 2.05) is 0 Å². The van der Waals surface area contributed by atoms with E-state index in [1.54, 1.807) is 0 Å². The lowest BCUT2D eigenvalue weighted by Crippen LogP contribution is -2.45. The van der Waals surface area contributed by atoms with Crippen molar-refractivity contribution >= 4 is 11.9 Å². The molecule has 1 aliphatic rings. The van der Waals surface area contributed by atoms with E-state index in [4.69, 9.17) is 5.11 Å². The maximum atomic E-state index is 11.9. The smallest absolute Gasteiger partial charge is 0.322 e. The molecule has 0 aliphatic carbocycles. The van der Waals surface area contributed by atoms with Gasteiger partial charge in [-0.15, -0.1) is 0 Å². The van der Waals surface area contributed by atoms with Gasteiger partial charge in [-0.2, -0.15) is 0 Å². The summed E-state index contributed by atoms with van der Waals surface area (Å²) in [6.45, 7) is 5.06. The molecule has 1 saturated heterocycles. The largest absolute Gasteiger partial charge is 0.480 e. The number of carbonyl (C=O) groups excluding carboxylic acids is 1. The number of rotatable bonds is 5. The zero-order valence-corrected chi connectivity index (χ0v) is 13.2. The first-order valence-corrected chi connectivity index (χ1v) is 7.76. The van der Waals surface area contributed by atoms with Crippen LogP contribution in [0.15, 0.2) is 24.3 Å². The van der Waals surface area contributed by atoms with Crippen molar-refractivity contribution in [1.82, 2.24) is 10.2 Å². The number of hydrogen-bond acceptors (Lipinski definition) is 3. The van der Waals surface area contributed by atoms with Crippen LogP contribution in [0.4, 0.5) is 0 Å².